The van der Waals surface area contributed by atoms with Crippen molar-refractivity contribution in [3.8, 4) is 0 Å². The first-order valence-electron chi connectivity index (χ1n) is 6.12. The van der Waals surface area contributed by atoms with Crippen molar-refractivity contribution in [2.24, 2.45) is 0 Å². The van der Waals surface area contributed by atoms with Crippen LogP contribution >= 0.6 is 0 Å². The van der Waals surface area contributed by atoms with Gasteiger partial charge in [0.1, 0.15) is 5.82 Å². The van der Waals surface area contributed by atoms with E-state index in [9.17, 15) is 0 Å². The van der Waals surface area contributed by atoms with Gasteiger partial charge in [0.15, 0.2) is 0 Å². The maximum absolute atomic E-state index is 4.40. The highest BCUT2D eigenvalue weighted by atomic mass is 15.1. The molecule has 1 aromatic heterocycles. The largest absolute Gasteiger partial charge is 0.372 e. The summed E-state index contributed by atoms with van der Waals surface area (Å²) in [7, 11) is 1.84. The molecule has 0 aliphatic heterocycles. The van der Waals surface area contributed by atoms with Crippen LogP contribution in [0, 0.1) is 0 Å². The molecule has 1 heterocycles. The number of hydrogen-bond acceptors (Lipinski definition) is 4. The molecule has 0 radical (unpaired) electrons. The van der Waals surface area contributed by atoms with Crippen molar-refractivity contribution in [1.82, 2.24) is 9.97 Å². The highest BCUT2D eigenvalue weighted by molar-refractivity contribution is 5.46. The smallest absolute Gasteiger partial charge is 0.144 e. The van der Waals surface area contributed by atoms with E-state index >= 15 is 0 Å². The molecule has 1 aromatic carbocycles. The molecule has 2 rings (SSSR count). The molecule has 94 valence electrons. The van der Waals surface area contributed by atoms with E-state index in [0.29, 0.717) is 0 Å². The molecule has 0 bridgehead atoms. The van der Waals surface area contributed by atoms with Crippen LogP contribution in [0.3, 0.4) is 0 Å². The molecule has 0 unspecified atom stereocenters. The first-order valence-corrected chi connectivity index (χ1v) is 6.12. The number of para-hydroxylation sites is 1. The molecule has 2 aromatic rings. The zero-order chi connectivity index (χ0) is 12.8. The molecule has 4 heteroatoms. The molecule has 0 aliphatic rings. The van der Waals surface area contributed by atoms with E-state index in [-0.39, 0.29) is 0 Å². The van der Waals surface area contributed by atoms with Crippen LogP contribution in [0.25, 0.3) is 0 Å². The van der Waals surface area contributed by atoms with Gasteiger partial charge < -0.3 is 10.2 Å². The van der Waals surface area contributed by atoms with E-state index in [0.717, 1.165) is 24.6 Å². The Morgan fingerprint density at radius 2 is 1.89 bits per heavy atom. The van der Waals surface area contributed by atoms with Crippen molar-refractivity contribution < 1.29 is 0 Å². The van der Waals surface area contributed by atoms with E-state index in [2.05, 4.69) is 39.2 Å². The first kappa shape index (κ1) is 12.4. The highest BCUT2D eigenvalue weighted by Gasteiger charge is 2.05. The predicted octanol–water partition coefficient (Wildman–Crippen LogP) is 2.54. The molecule has 4 nitrogen and oxygen atoms in total. The van der Waals surface area contributed by atoms with Gasteiger partial charge in [-0.2, -0.15) is 0 Å². The summed E-state index contributed by atoms with van der Waals surface area (Å²) in [5.41, 5.74) is 2.18. The monoisotopic (exact) mass is 242 g/mol. The number of rotatable bonds is 5. The number of hydrogen-bond donors (Lipinski definition) is 1. The van der Waals surface area contributed by atoms with Crippen LogP contribution in [0.2, 0.25) is 0 Å². The van der Waals surface area contributed by atoms with Crippen molar-refractivity contribution in [3.63, 3.8) is 0 Å². The summed E-state index contributed by atoms with van der Waals surface area (Å²) in [4.78, 5) is 10.9. The van der Waals surface area contributed by atoms with Crippen molar-refractivity contribution in [1.29, 1.82) is 0 Å². The molecule has 0 saturated heterocycles. The Hall–Kier alpha value is -2.10. The third kappa shape index (κ3) is 2.97. The van der Waals surface area contributed by atoms with Crippen molar-refractivity contribution in [2.45, 2.75) is 13.5 Å². The summed E-state index contributed by atoms with van der Waals surface area (Å²) in [6, 6.07) is 10.3. The van der Waals surface area contributed by atoms with E-state index in [1.807, 2.05) is 31.4 Å². The maximum Gasteiger partial charge on any atom is 0.144 e. The number of nitrogens with one attached hydrogen (secondary N) is 1. The Bertz CT molecular complexity index is 467. The zero-order valence-corrected chi connectivity index (χ0v) is 10.8. The van der Waals surface area contributed by atoms with Gasteiger partial charge in [-0.15, -0.1) is 0 Å². The lowest BCUT2D eigenvalue weighted by Gasteiger charge is -2.22. The minimum atomic E-state index is 0.775. The fraction of sp³-hybridized carbons (Fsp3) is 0.286. The molecule has 18 heavy (non-hydrogen) atoms. The van der Waals surface area contributed by atoms with Gasteiger partial charge in [0.2, 0.25) is 0 Å². The van der Waals surface area contributed by atoms with Crippen LogP contribution in [-0.2, 0) is 6.54 Å². The van der Waals surface area contributed by atoms with Crippen LogP contribution in [0.5, 0.6) is 0 Å². The van der Waals surface area contributed by atoms with Gasteiger partial charge in [-0.1, -0.05) is 18.2 Å². The van der Waals surface area contributed by atoms with Crippen LogP contribution in [0.4, 0.5) is 11.5 Å². The van der Waals surface area contributed by atoms with Gasteiger partial charge >= 0.3 is 0 Å². The number of anilines is 2. The van der Waals surface area contributed by atoms with Crippen LogP contribution in [-0.4, -0.2) is 23.6 Å². The molecular formula is C14H18N4. The lowest BCUT2D eigenvalue weighted by molar-refractivity contribution is 0.804. The number of nitrogens with zero attached hydrogens (tertiary/aromatic N) is 3. The Kier molecular flexibility index (Phi) is 4.12. The average molecular weight is 242 g/mol. The predicted molar refractivity (Wildman–Crippen MR) is 74.7 cm³/mol. The molecule has 0 amide bonds. The normalized spacial score (nSPS) is 10.1. The molecule has 0 saturated carbocycles. The fourth-order valence-corrected chi connectivity index (χ4v) is 1.79. The van der Waals surface area contributed by atoms with Crippen molar-refractivity contribution in [2.75, 3.05) is 23.8 Å². The molecule has 1 N–H and O–H groups in total. The lowest BCUT2D eigenvalue weighted by atomic mass is 10.2. The number of benzene rings is 1. The summed E-state index contributed by atoms with van der Waals surface area (Å²) in [5.74, 6) is 0.793. The highest BCUT2D eigenvalue weighted by Crippen LogP contribution is 2.15. The average Bonchev–Trinajstić information content (AvgIpc) is 2.46. The third-order valence-corrected chi connectivity index (χ3v) is 2.82. The zero-order valence-electron chi connectivity index (χ0n) is 10.8. The molecule has 0 spiro atoms. The summed E-state index contributed by atoms with van der Waals surface area (Å²) < 4.78 is 0. The van der Waals surface area contributed by atoms with Gasteiger partial charge in [-0.3, -0.25) is 4.98 Å². The third-order valence-electron chi connectivity index (χ3n) is 2.82. The second kappa shape index (κ2) is 6.00. The summed E-state index contributed by atoms with van der Waals surface area (Å²) in [6.45, 7) is 3.86. The fourth-order valence-electron chi connectivity index (χ4n) is 1.79. The van der Waals surface area contributed by atoms with Gasteiger partial charge in [-0.25, -0.2) is 4.98 Å². The molecule has 0 atom stereocenters. The standard InChI is InChI=1S/C14H18N4/c1-3-18(13-7-5-4-6-8-13)11-12-9-17-14(15-2)10-16-12/h4-10H,3,11H2,1-2H3,(H,15,17). The Morgan fingerprint density at radius 1 is 1.11 bits per heavy atom. The minimum absolute atomic E-state index is 0.775. The summed E-state index contributed by atoms with van der Waals surface area (Å²) >= 11 is 0. The topological polar surface area (TPSA) is 41.1 Å². The second-order valence-electron chi connectivity index (χ2n) is 3.99. The van der Waals surface area contributed by atoms with Crippen LogP contribution in [0.1, 0.15) is 12.6 Å². The molecule has 0 aliphatic carbocycles. The molecule has 0 fully saturated rings. The van der Waals surface area contributed by atoms with E-state index in [1.165, 1.54) is 5.69 Å². The number of aromatic nitrogens is 2. The van der Waals surface area contributed by atoms with E-state index < -0.39 is 0 Å². The first-order chi connectivity index (χ1) is 8.83. The quantitative estimate of drug-likeness (QED) is 0.874. The minimum Gasteiger partial charge on any atom is -0.372 e. The van der Waals surface area contributed by atoms with Crippen molar-refractivity contribution >= 4 is 11.5 Å². The second-order valence-corrected chi connectivity index (χ2v) is 3.99. The van der Waals surface area contributed by atoms with Crippen molar-refractivity contribution in [3.05, 3.63) is 48.4 Å². The Labute approximate surface area is 108 Å². The van der Waals surface area contributed by atoms with Gasteiger partial charge in [0, 0.05) is 19.3 Å². The SMILES string of the molecule is CCN(Cc1cnc(NC)cn1)c1ccccc1. The summed E-state index contributed by atoms with van der Waals surface area (Å²) in [5, 5.41) is 2.97. The van der Waals surface area contributed by atoms with Crippen LogP contribution < -0.4 is 10.2 Å². The Balaban J connectivity index is 2.10. The Morgan fingerprint density at radius 3 is 2.44 bits per heavy atom. The lowest BCUT2D eigenvalue weighted by Crippen LogP contribution is -2.22. The van der Waals surface area contributed by atoms with E-state index in [4.69, 9.17) is 0 Å². The maximum atomic E-state index is 4.40. The molecular weight excluding hydrogens is 224 g/mol. The van der Waals surface area contributed by atoms with Gasteiger partial charge in [0.25, 0.3) is 0 Å². The van der Waals surface area contributed by atoms with Crippen LogP contribution in [0.15, 0.2) is 42.7 Å². The van der Waals surface area contributed by atoms with Gasteiger partial charge in [-0.05, 0) is 19.1 Å². The summed E-state index contributed by atoms with van der Waals surface area (Å²) in [6.07, 6.45) is 3.58. The van der Waals surface area contributed by atoms with Gasteiger partial charge in [0.05, 0.1) is 24.6 Å². The van der Waals surface area contributed by atoms with E-state index in [1.54, 1.807) is 6.20 Å².